The summed E-state index contributed by atoms with van der Waals surface area (Å²) in [5, 5.41) is 0. The van der Waals surface area contributed by atoms with E-state index < -0.39 is 0 Å². The van der Waals surface area contributed by atoms with Crippen molar-refractivity contribution in [2.45, 2.75) is 32.3 Å². The quantitative estimate of drug-likeness (QED) is 0.755. The number of hydrogen-bond acceptors (Lipinski definition) is 1. The van der Waals surface area contributed by atoms with Crippen LogP contribution in [0.4, 0.5) is 0 Å². The van der Waals surface area contributed by atoms with Crippen molar-refractivity contribution in [3.63, 3.8) is 0 Å². The van der Waals surface area contributed by atoms with Crippen molar-refractivity contribution in [2.24, 2.45) is 0 Å². The van der Waals surface area contributed by atoms with Crippen molar-refractivity contribution < 1.29 is 4.74 Å². The molecule has 0 N–H and O–H groups in total. The molecular weight excluding hydrogens is 280 g/mol. The summed E-state index contributed by atoms with van der Waals surface area (Å²) in [4.78, 5) is 0. The fraction of sp³-hybridized carbons (Fsp3) is 0.273. The number of hydrogen-bond donors (Lipinski definition) is 0. The van der Waals surface area contributed by atoms with E-state index in [0.717, 1.165) is 25.9 Å². The van der Waals surface area contributed by atoms with Crippen LogP contribution in [0, 0.1) is 0 Å². The summed E-state index contributed by atoms with van der Waals surface area (Å²) in [5.74, 6) is 0. The maximum Gasteiger partial charge on any atom is 0.0835 e. The van der Waals surface area contributed by atoms with Crippen LogP contribution >= 0.6 is 0 Å². The third-order valence-corrected chi connectivity index (χ3v) is 5.00. The normalized spacial score (nSPS) is 20.3. The Balaban J connectivity index is 1.55. The van der Waals surface area contributed by atoms with Crippen LogP contribution in [0.3, 0.4) is 0 Å². The Labute approximate surface area is 138 Å². The van der Waals surface area contributed by atoms with Crippen molar-refractivity contribution in [1.82, 2.24) is 0 Å². The fourth-order valence-electron chi connectivity index (χ4n) is 3.87. The molecule has 0 saturated carbocycles. The molecule has 2 aliphatic rings. The lowest BCUT2D eigenvalue weighted by molar-refractivity contribution is 0.122. The first-order valence-electron chi connectivity index (χ1n) is 8.46. The molecule has 0 aromatic heterocycles. The molecule has 1 fully saturated rings. The van der Waals surface area contributed by atoms with Crippen molar-refractivity contribution in [3.05, 3.63) is 88.5 Å². The van der Waals surface area contributed by atoms with Gasteiger partial charge in [-0.1, -0.05) is 66.2 Å². The number of allylic oxidation sites excluding steroid dienone is 2. The Morgan fingerprint density at radius 2 is 1.61 bits per heavy atom. The third-order valence-electron chi connectivity index (χ3n) is 5.00. The molecule has 4 rings (SSSR count). The predicted octanol–water partition coefficient (Wildman–Crippen LogP) is 5.19. The zero-order valence-electron chi connectivity index (χ0n) is 13.6. The second-order valence-electron chi connectivity index (χ2n) is 6.52. The van der Waals surface area contributed by atoms with E-state index in [9.17, 15) is 0 Å². The molecule has 116 valence electrons. The average molecular weight is 302 g/mol. The highest BCUT2D eigenvalue weighted by molar-refractivity contribution is 5.80. The Morgan fingerprint density at radius 1 is 0.913 bits per heavy atom. The number of rotatable bonds is 4. The van der Waals surface area contributed by atoms with E-state index in [1.54, 1.807) is 0 Å². The van der Waals surface area contributed by atoms with E-state index in [1.807, 2.05) is 0 Å². The van der Waals surface area contributed by atoms with Gasteiger partial charge in [-0.3, -0.25) is 0 Å². The number of benzene rings is 2. The molecule has 0 spiro atoms. The van der Waals surface area contributed by atoms with E-state index in [1.165, 1.54) is 33.4 Å². The summed E-state index contributed by atoms with van der Waals surface area (Å²) in [5.41, 5.74) is 8.65. The van der Waals surface area contributed by atoms with E-state index >= 15 is 0 Å². The summed E-state index contributed by atoms with van der Waals surface area (Å²) in [6.45, 7) is 3.05. The Hall–Kier alpha value is -2.12. The summed E-state index contributed by atoms with van der Waals surface area (Å²) >= 11 is 0. The maximum absolute atomic E-state index is 6.15. The lowest BCUT2D eigenvalue weighted by Gasteiger charge is -2.12. The molecule has 1 heterocycles. The van der Waals surface area contributed by atoms with Crippen LogP contribution in [0.15, 0.2) is 77.4 Å². The molecule has 1 nitrogen and oxygen atoms in total. The summed E-state index contributed by atoms with van der Waals surface area (Å²) in [7, 11) is 0. The van der Waals surface area contributed by atoms with Gasteiger partial charge in [-0.05, 0) is 54.0 Å². The van der Waals surface area contributed by atoms with E-state index in [4.69, 9.17) is 4.74 Å². The first kappa shape index (κ1) is 14.5. The Bertz CT molecular complexity index is 753. The predicted molar refractivity (Wildman–Crippen MR) is 95.2 cm³/mol. The van der Waals surface area contributed by atoms with Crippen LogP contribution in [-0.4, -0.2) is 12.7 Å². The van der Waals surface area contributed by atoms with Crippen LogP contribution in [0.1, 0.15) is 30.9 Å². The zero-order valence-corrected chi connectivity index (χ0v) is 13.6. The standard InChI is InChI=1S/C22H22O/c1-16-14-19(18-10-6-3-7-11-18)20-15-23-21(22(16)20)13-12-17-8-4-2-5-9-17/h2-11,21H,12-15H2,1H3. The van der Waals surface area contributed by atoms with E-state index in [-0.39, 0.29) is 6.10 Å². The monoisotopic (exact) mass is 302 g/mol. The highest BCUT2D eigenvalue weighted by Gasteiger charge is 2.34. The Morgan fingerprint density at radius 3 is 2.35 bits per heavy atom. The summed E-state index contributed by atoms with van der Waals surface area (Å²) in [6, 6.07) is 21.5. The van der Waals surface area contributed by atoms with Gasteiger partial charge in [-0.25, -0.2) is 0 Å². The molecule has 1 saturated heterocycles. The molecule has 0 bridgehead atoms. The van der Waals surface area contributed by atoms with Crippen LogP contribution < -0.4 is 0 Å². The fourth-order valence-corrected chi connectivity index (χ4v) is 3.87. The van der Waals surface area contributed by atoms with E-state index in [2.05, 4.69) is 67.6 Å². The van der Waals surface area contributed by atoms with Crippen molar-refractivity contribution in [1.29, 1.82) is 0 Å². The molecule has 1 heteroatoms. The third kappa shape index (κ3) is 2.77. The Kier molecular flexibility index (Phi) is 3.88. The lowest BCUT2D eigenvalue weighted by atomic mass is 9.97. The first-order valence-corrected chi connectivity index (χ1v) is 8.46. The highest BCUT2D eigenvalue weighted by Crippen LogP contribution is 2.44. The SMILES string of the molecule is CC1=C2C(=C(c3ccccc3)C1)COC2CCc1ccccc1. The molecule has 0 radical (unpaired) electrons. The second kappa shape index (κ2) is 6.17. The van der Waals surface area contributed by atoms with Gasteiger partial charge in [0.05, 0.1) is 12.7 Å². The van der Waals surface area contributed by atoms with Gasteiger partial charge in [-0.2, -0.15) is 0 Å². The largest absolute Gasteiger partial charge is 0.369 e. The molecule has 1 aliphatic carbocycles. The van der Waals surface area contributed by atoms with Gasteiger partial charge in [0.2, 0.25) is 0 Å². The minimum atomic E-state index is 0.270. The highest BCUT2D eigenvalue weighted by atomic mass is 16.5. The van der Waals surface area contributed by atoms with Crippen molar-refractivity contribution >= 4 is 5.57 Å². The molecule has 23 heavy (non-hydrogen) atoms. The van der Waals surface area contributed by atoms with Crippen LogP contribution in [0.25, 0.3) is 5.57 Å². The first-order chi connectivity index (χ1) is 11.3. The van der Waals surface area contributed by atoms with Gasteiger partial charge in [0.1, 0.15) is 0 Å². The molecule has 2 aromatic carbocycles. The lowest BCUT2D eigenvalue weighted by Crippen LogP contribution is -2.09. The molecule has 1 atom stereocenters. The van der Waals surface area contributed by atoms with Crippen molar-refractivity contribution in [2.75, 3.05) is 6.61 Å². The van der Waals surface area contributed by atoms with Crippen LogP contribution in [0.5, 0.6) is 0 Å². The molecule has 1 aliphatic heterocycles. The van der Waals surface area contributed by atoms with Crippen LogP contribution in [0.2, 0.25) is 0 Å². The van der Waals surface area contributed by atoms with Gasteiger partial charge in [0.15, 0.2) is 0 Å². The van der Waals surface area contributed by atoms with Crippen LogP contribution in [-0.2, 0) is 11.2 Å². The van der Waals surface area contributed by atoms with Gasteiger partial charge in [-0.15, -0.1) is 0 Å². The van der Waals surface area contributed by atoms with Gasteiger partial charge in [0.25, 0.3) is 0 Å². The van der Waals surface area contributed by atoms with Gasteiger partial charge < -0.3 is 4.74 Å². The number of fused-ring (bicyclic) bond motifs is 1. The molecule has 1 unspecified atom stereocenters. The minimum absolute atomic E-state index is 0.270. The molecular formula is C22H22O. The average Bonchev–Trinajstić information content (AvgIpc) is 3.16. The van der Waals surface area contributed by atoms with Crippen molar-refractivity contribution in [3.8, 4) is 0 Å². The maximum atomic E-state index is 6.15. The molecule has 2 aromatic rings. The zero-order chi connectivity index (χ0) is 15.6. The van der Waals surface area contributed by atoms with Gasteiger partial charge >= 0.3 is 0 Å². The number of aryl methyl sites for hydroxylation is 1. The summed E-state index contributed by atoms with van der Waals surface area (Å²) < 4.78 is 6.15. The number of ether oxygens (including phenoxy) is 1. The van der Waals surface area contributed by atoms with E-state index in [0.29, 0.717) is 0 Å². The minimum Gasteiger partial charge on any atom is -0.369 e. The second-order valence-corrected chi connectivity index (χ2v) is 6.52. The topological polar surface area (TPSA) is 9.23 Å². The molecule has 0 amide bonds. The summed E-state index contributed by atoms with van der Waals surface area (Å²) in [6.07, 6.45) is 3.50. The van der Waals surface area contributed by atoms with Gasteiger partial charge in [0, 0.05) is 0 Å². The smallest absolute Gasteiger partial charge is 0.0835 e.